The summed E-state index contributed by atoms with van der Waals surface area (Å²) in [6, 6.07) is 12.3. The van der Waals surface area contributed by atoms with Gasteiger partial charge in [-0.05, 0) is 64.2 Å². The van der Waals surface area contributed by atoms with Gasteiger partial charge in [-0.3, -0.25) is 9.59 Å². The van der Waals surface area contributed by atoms with E-state index in [0.29, 0.717) is 22.2 Å². The molecule has 0 heterocycles. The molecule has 0 spiro atoms. The van der Waals surface area contributed by atoms with E-state index in [4.69, 9.17) is 0 Å². The Kier molecular flexibility index (Phi) is 9.40. The molecule has 0 aromatic heterocycles. The normalized spacial score (nSPS) is 11.8. The van der Waals surface area contributed by atoms with Gasteiger partial charge < -0.3 is 15.4 Å². The van der Waals surface area contributed by atoms with Crippen LogP contribution in [0.25, 0.3) is 0 Å². The third-order valence-corrected chi connectivity index (χ3v) is 5.30. The molecule has 1 atom stereocenters. The highest BCUT2D eigenvalue weighted by Gasteiger charge is 2.21. The predicted octanol–water partition coefficient (Wildman–Crippen LogP) is 4.22. The molecule has 2 rings (SSSR count). The number of amides is 2. The van der Waals surface area contributed by atoms with E-state index in [0.717, 1.165) is 5.56 Å². The molecule has 2 aromatic rings. The molecule has 1 unspecified atom stereocenters. The number of nitrogens with one attached hydrogen (secondary N) is 2. The second-order valence-corrected chi connectivity index (χ2v) is 7.87. The van der Waals surface area contributed by atoms with Crippen LogP contribution < -0.4 is 15.4 Å². The number of rotatable bonds is 10. The molecule has 9 heteroatoms. The summed E-state index contributed by atoms with van der Waals surface area (Å²) in [6.45, 7) is -2.68. The van der Waals surface area contributed by atoms with Crippen LogP contribution in [-0.2, 0) is 11.3 Å². The van der Waals surface area contributed by atoms with Crippen molar-refractivity contribution in [1.82, 2.24) is 10.6 Å². The zero-order chi connectivity index (χ0) is 21.2. The first kappa shape index (κ1) is 23.2. The number of halogens is 3. The zero-order valence-corrected chi connectivity index (χ0v) is 18.1. The minimum Gasteiger partial charge on any atom is -0.435 e. The van der Waals surface area contributed by atoms with E-state index in [1.54, 1.807) is 48.2 Å². The number of ether oxygens (including phenoxy) is 1. The predicted molar refractivity (Wildman–Crippen MR) is 113 cm³/mol. The third-order valence-electron chi connectivity index (χ3n) is 3.97. The van der Waals surface area contributed by atoms with Crippen molar-refractivity contribution in [2.24, 2.45) is 0 Å². The van der Waals surface area contributed by atoms with Gasteiger partial charge in [-0.2, -0.15) is 20.5 Å². The van der Waals surface area contributed by atoms with Crippen molar-refractivity contribution in [3.8, 4) is 5.75 Å². The van der Waals surface area contributed by atoms with Crippen LogP contribution >= 0.6 is 27.7 Å². The van der Waals surface area contributed by atoms with Crippen LogP contribution in [0.15, 0.2) is 53.0 Å². The number of carbonyl (C=O) groups is 2. The van der Waals surface area contributed by atoms with E-state index in [2.05, 4.69) is 31.3 Å². The van der Waals surface area contributed by atoms with Gasteiger partial charge in [0.15, 0.2) is 0 Å². The Bertz CT molecular complexity index is 822. The number of thioether (sulfide) groups is 1. The lowest BCUT2D eigenvalue weighted by atomic mass is 10.1. The molecule has 0 aliphatic heterocycles. The minimum atomic E-state index is -2.88. The molecule has 0 aliphatic rings. The number of hydrogen-bond acceptors (Lipinski definition) is 4. The van der Waals surface area contributed by atoms with Crippen molar-refractivity contribution in [2.45, 2.75) is 25.6 Å². The molecule has 2 aromatic carbocycles. The molecule has 0 aliphatic carbocycles. The van der Waals surface area contributed by atoms with E-state index in [-0.39, 0.29) is 24.1 Å². The lowest BCUT2D eigenvalue weighted by Gasteiger charge is -2.19. The molecule has 156 valence electrons. The third kappa shape index (κ3) is 7.66. The van der Waals surface area contributed by atoms with Gasteiger partial charge in [-0.15, -0.1) is 0 Å². The van der Waals surface area contributed by atoms with Crippen molar-refractivity contribution in [3.05, 3.63) is 64.1 Å². The first-order valence-corrected chi connectivity index (χ1v) is 10.9. The summed E-state index contributed by atoms with van der Waals surface area (Å²) in [5.41, 5.74) is 1.17. The fourth-order valence-electron chi connectivity index (χ4n) is 2.49. The monoisotopic (exact) mass is 486 g/mol. The summed E-state index contributed by atoms with van der Waals surface area (Å²) >= 11 is 4.91. The van der Waals surface area contributed by atoms with Gasteiger partial charge in [-0.25, -0.2) is 0 Å². The summed E-state index contributed by atoms with van der Waals surface area (Å²) in [7, 11) is 0. The fraction of sp³-hybridized carbons (Fsp3) is 0.300. The smallest absolute Gasteiger partial charge is 0.387 e. The lowest BCUT2D eigenvalue weighted by Crippen LogP contribution is -2.47. The maximum Gasteiger partial charge on any atom is 0.387 e. The molecule has 0 bridgehead atoms. The van der Waals surface area contributed by atoms with Gasteiger partial charge in [0.2, 0.25) is 5.91 Å². The SMILES string of the molecule is CSCCC(NC(=O)c1ccccc1Br)C(=O)NCc1ccc(OC(F)F)cc1. The summed E-state index contributed by atoms with van der Waals surface area (Å²) in [6.07, 6.45) is 2.40. The number of alkyl halides is 2. The molecule has 0 saturated heterocycles. The molecule has 2 amide bonds. The van der Waals surface area contributed by atoms with Gasteiger partial charge in [0, 0.05) is 11.0 Å². The molecule has 2 N–H and O–H groups in total. The largest absolute Gasteiger partial charge is 0.435 e. The average molecular weight is 487 g/mol. The Morgan fingerprint density at radius 2 is 1.83 bits per heavy atom. The van der Waals surface area contributed by atoms with Crippen molar-refractivity contribution in [3.63, 3.8) is 0 Å². The van der Waals surface area contributed by atoms with Gasteiger partial charge >= 0.3 is 6.61 Å². The molecule has 0 radical (unpaired) electrons. The quantitative estimate of drug-likeness (QED) is 0.527. The van der Waals surface area contributed by atoms with E-state index >= 15 is 0 Å². The molecule has 0 fully saturated rings. The summed E-state index contributed by atoms with van der Waals surface area (Å²) in [5.74, 6) is 0.0989. The van der Waals surface area contributed by atoms with Crippen molar-refractivity contribution in [1.29, 1.82) is 0 Å². The van der Waals surface area contributed by atoms with Crippen molar-refractivity contribution < 1.29 is 23.1 Å². The zero-order valence-electron chi connectivity index (χ0n) is 15.7. The number of benzene rings is 2. The Morgan fingerprint density at radius 1 is 1.14 bits per heavy atom. The van der Waals surface area contributed by atoms with Gasteiger partial charge in [0.05, 0.1) is 5.56 Å². The van der Waals surface area contributed by atoms with Gasteiger partial charge in [-0.1, -0.05) is 24.3 Å². The molecule has 5 nitrogen and oxygen atoms in total. The Hall–Kier alpha value is -2.13. The lowest BCUT2D eigenvalue weighted by molar-refractivity contribution is -0.123. The second-order valence-electron chi connectivity index (χ2n) is 6.03. The maximum absolute atomic E-state index is 12.6. The van der Waals surface area contributed by atoms with Crippen LogP contribution in [0.1, 0.15) is 22.3 Å². The van der Waals surface area contributed by atoms with Gasteiger partial charge in [0.1, 0.15) is 11.8 Å². The molecular formula is C20H21BrF2N2O3S. The van der Waals surface area contributed by atoms with Crippen molar-refractivity contribution >= 4 is 39.5 Å². The first-order chi connectivity index (χ1) is 13.9. The Labute approximate surface area is 180 Å². The Balaban J connectivity index is 1.97. The van der Waals surface area contributed by atoms with Gasteiger partial charge in [0.25, 0.3) is 5.91 Å². The highest BCUT2D eigenvalue weighted by molar-refractivity contribution is 9.10. The van der Waals surface area contributed by atoms with Crippen molar-refractivity contribution in [2.75, 3.05) is 12.0 Å². The standard InChI is InChI=1S/C20H21BrF2N2O3S/c1-29-11-10-17(25-18(26)15-4-2-3-5-16(15)21)19(27)24-12-13-6-8-14(9-7-13)28-20(22)23/h2-9,17,20H,10-12H2,1H3,(H,24,27)(H,25,26). The van der Waals surface area contributed by atoms with E-state index in [9.17, 15) is 18.4 Å². The van der Waals surface area contributed by atoms with E-state index in [1.165, 1.54) is 12.1 Å². The fourth-order valence-corrected chi connectivity index (χ4v) is 3.42. The minimum absolute atomic E-state index is 0.0497. The first-order valence-electron chi connectivity index (χ1n) is 8.76. The highest BCUT2D eigenvalue weighted by atomic mass is 79.9. The van der Waals surface area contributed by atoms with Crippen LogP contribution in [0.3, 0.4) is 0 Å². The van der Waals surface area contributed by atoms with Crippen LogP contribution in [-0.4, -0.2) is 36.5 Å². The average Bonchev–Trinajstić information content (AvgIpc) is 2.70. The molecule has 0 saturated carbocycles. The second kappa shape index (κ2) is 11.8. The Morgan fingerprint density at radius 3 is 2.45 bits per heavy atom. The van der Waals surface area contributed by atoms with E-state index < -0.39 is 12.7 Å². The number of hydrogen-bond donors (Lipinski definition) is 2. The number of carbonyl (C=O) groups excluding carboxylic acids is 2. The highest BCUT2D eigenvalue weighted by Crippen LogP contribution is 2.17. The summed E-state index contributed by atoms with van der Waals surface area (Å²) in [5, 5.41) is 5.55. The molecular weight excluding hydrogens is 466 g/mol. The summed E-state index contributed by atoms with van der Waals surface area (Å²) in [4.78, 5) is 25.2. The molecule has 29 heavy (non-hydrogen) atoms. The maximum atomic E-state index is 12.6. The van der Waals surface area contributed by atoms with Crippen LogP contribution in [0.4, 0.5) is 8.78 Å². The van der Waals surface area contributed by atoms with Crippen LogP contribution in [0.2, 0.25) is 0 Å². The summed E-state index contributed by atoms with van der Waals surface area (Å²) < 4.78 is 29.3. The van der Waals surface area contributed by atoms with Crippen LogP contribution in [0, 0.1) is 0 Å². The van der Waals surface area contributed by atoms with Crippen LogP contribution in [0.5, 0.6) is 5.75 Å². The van der Waals surface area contributed by atoms with E-state index in [1.807, 2.05) is 6.26 Å². The topological polar surface area (TPSA) is 67.4 Å².